The number of piperazine rings is 1. The van der Waals surface area contributed by atoms with Gasteiger partial charge in [0.15, 0.2) is 0 Å². The summed E-state index contributed by atoms with van der Waals surface area (Å²) in [5.74, 6) is 0.606. The second-order valence-corrected chi connectivity index (χ2v) is 8.59. The molecule has 8 heteroatoms. The van der Waals surface area contributed by atoms with Crippen LogP contribution in [-0.4, -0.2) is 74.0 Å². The first-order valence-corrected chi connectivity index (χ1v) is 11.1. The van der Waals surface area contributed by atoms with Crippen LogP contribution in [0.25, 0.3) is 21.9 Å². The molecule has 8 nitrogen and oxygen atoms in total. The Morgan fingerprint density at radius 1 is 0.969 bits per heavy atom. The number of amides is 2. The highest BCUT2D eigenvalue weighted by Gasteiger charge is 2.26. The molecule has 2 N–H and O–H groups in total. The monoisotopic (exact) mass is 436 g/mol. The van der Waals surface area contributed by atoms with E-state index < -0.39 is 0 Å². The van der Waals surface area contributed by atoms with Crippen LogP contribution in [-0.2, 0) is 9.59 Å². The summed E-state index contributed by atoms with van der Waals surface area (Å²) >= 11 is 0. The van der Waals surface area contributed by atoms with Crippen LogP contribution in [0.2, 0.25) is 0 Å². The van der Waals surface area contributed by atoms with Crippen LogP contribution in [0.15, 0.2) is 40.8 Å². The van der Waals surface area contributed by atoms with Crippen LogP contribution in [0.1, 0.15) is 12.8 Å². The minimum atomic E-state index is -0.0984. The van der Waals surface area contributed by atoms with Crippen molar-refractivity contribution in [2.45, 2.75) is 18.9 Å². The molecule has 1 aromatic heterocycles. The fraction of sp³-hybridized carbons (Fsp3) is 0.417. The fourth-order valence-electron chi connectivity index (χ4n) is 4.22. The first-order chi connectivity index (χ1) is 15.6. The van der Waals surface area contributed by atoms with Gasteiger partial charge in [-0.15, -0.1) is 0 Å². The molecule has 2 aliphatic rings. The number of benzene rings is 2. The van der Waals surface area contributed by atoms with Crippen molar-refractivity contribution in [1.29, 1.82) is 0 Å². The summed E-state index contributed by atoms with van der Waals surface area (Å²) < 4.78 is 11.5. The van der Waals surface area contributed by atoms with E-state index in [1.165, 1.54) is 0 Å². The molecule has 1 saturated heterocycles. The summed E-state index contributed by atoms with van der Waals surface area (Å²) in [5.41, 5.74) is 2.11. The number of anilines is 1. The average molecular weight is 437 g/mol. The highest BCUT2D eigenvalue weighted by atomic mass is 16.5. The van der Waals surface area contributed by atoms with E-state index >= 15 is 0 Å². The second kappa shape index (κ2) is 8.80. The molecule has 2 fully saturated rings. The number of methoxy groups -OCH3 is 1. The van der Waals surface area contributed by atoms with E-state index in [2.05, 4.69) is 20.4 Å². The smallest absolute Gasteiger partial charge is 0.238 e. The lowest BCUT2D eigenvalue weighted by Gasteiger charge is -2.33. The van der Waals surface area contributed by atoms with E-state index in [4.69, 9.17) is 9.15 Å². The molecule has 2 aromatic carbocycles. The van der Waals surface area contributed by atoms with Crippen molar-refractivity contribution in [2.75, 3.05) is 51.7 Å². The Hall–Kier alpha value is -3.10. The van der Waals surface area contributed by atoms with Gasteiger partial charge >= 0.3 is 0 Å². The van der Waals surface area contributed by atoms with E-state index in [1.807, 2.05) is 36.4 Å². The molecule has 168 valence electrons. The average Bonchev–Trinajstić information content (AvgIpc) is 3.52. The Balaban J connectivity index is 1.19. The maximum absolute atomic E-state index is 12.7. The Morgan fingerprint density at radius 2 is 1.66 bits per heavy atom. The molecule has 2 heterocycles. The van der Waals surface area contributed by atoms with Crippen molar-refractivity contribution in [2.24, 2.45) is 0 Å². The lowest BCUT2D eigenvalue weighted by molar-refractivity contribution is -0.123. The van der Waals surface area contributed by atoms with Gasteiger partial charge in [0.1, 0.15) is 16.9 Å². The first-order valence-electron chi connectivity index (χ1n) is 11.1. The van der Waals surface area contributed by atoms with Gasteiger partial charge in [-0.3, -0.25) is 19.4 Å². The van der Waals surface area contributed by atoms with Crippen LogP contribution in [0.4, 0.5) is 5.69 Å². The summed E-state index contributed by atoms with van der Waals surface area (Å²) in [6.45, 7) is 3.79. The number of para-hydroxylation sites is 1. The number of furan rings is 1. The Morgan fingerprint density at radius 3 is 2.34 bits per heavy atom. The SMILES string of the molecule is COc1cc2c(cc1NC(=O)CN1CCN(CC(=O)NC3CC3)CC1)oc1ccccc12. The Labute approximate surface area is 186 Å². The number of carbonyl (C=O) groups excluding carboxylic acids is 2. The van der Waals surface area contributed by atoms with E-state index in [0.717, 1.165) is 55.4 Å². The van der Waals surface area contributed by atoms with Gasteiger partial charge < -0.3 is 19.8 Å². The normalized spacial score (nSPS) is 17.5. The lowest BCUT2D eigenvalue weighted by Crippen LogP contribution is -2.51. The molecule has 32 heavy (non-hydrogen) atoms. The van der Waals surface area contributed by atoms with Gasteiger partial charge in [-0.1, -0.05) is 18.2 Å². The van der Waals surface area contributed by atoms with Gasteiger partial charge in [-0.25, -0.2) is 0 Å². The first kappa shape index (κ1) is 20.8. The summed E-state index contributed by atoms with van der Waals surface area (Å²) in [5, 5.41) is 7.97. The second-order valence-electron chi connectivity index (χ2n) is 8.59. The van der Waals surface area contributed by atoms with Crippen molar-refractivity contribution in [1.82, 2.24) is 15.1 Å². The molecule has 5 rings (SSSR count). The standard InChI is InChI=1S/C24H28N4O4/c1-31-22-12-18-17-4-2-3-5-20(17)32-21(18)13-19(22)26-24(30)15-28-10-8-27(9-11-28)14-23(29)25-16-6-7-16/h2-5,12-13,16H,6-11,14-15H2,1H3,(H,25,29)(H,26,30). The highest BCUT2D eigenvalue weighted by molar-refractivity contribution is 6.07. The number of hydrogen-bond donors (Lipinski definition) is 2. The molecule has 2 amide bonds. The quantitative estimate of drug-likeness (QED) is 0.592. The minimum Gasteiger partial charge on any atom is -0.495 e. The number of nitrogens with zero attached hydrogens (tertiary/aromatic N) is 2. The molecular weight excluding hydrogens is 408 g/mol. The molecule has 0 atom stereocenters. The largest absolute Gasteiger partial charge is 0.495 e. The van der Waals surface area contributed by atoms with Crippen molar-refractivity contribution in [3.63, 3.8) is 0 Å². The minimum absolute atomic E-state index is 0.0984. The van der Waals surface area contributed by atoms with E-state index in [-0.39, 0.29) is 11.8 Å². The number of hydrogen-bond acceptors (Lipinski definition) is 6. The number of fused-ring (bicyclic) bond motifs is 3. The molecule has 0 radical (unpaired) electrons. The van der Waals surface area contributed by atoms with Gasteiger partial charge in [0.2, 0.25) is 11.8 Å². The molecule has 0 unspecified atom stereocenters. The Kier molecular flexibility index (Phi) is 5.71. The zero-order valence-corrected chi connectivity index (χ0v) is 18.2. The maximum atomic E-state index is 12.7. The van der Waals surface area contributed by atoms with Crippen LogP contribution < -0.4 is 15.4 Å². The van der Waals surface area contributed by atoms with Gasteiger partial charge in [-0.05, 0) is 25.0 Å². The zero-order valence-electron chi connectivity index (χ0n) is 18.2. The number of nitrogens with one attached hydrogen (secondary N) is 2. The van der Waals surface area contributed by atoms with Gasteiger partial charge in [-0.2, -0.15) is 0 Å². The maximum Gasteiger partial charge on any atom is 0.238 e. The topological polar surface area (TPSA) is 87.0 Å². The van der Waals surface area contributed by atoms with Crippen molar-refractivity contribution in [3.05, 3.63) is 36.4 Å². The number of ether oxygens (including phenoxy) is 1. The molecule has 0 bridgehead atoms. The molecular formula is C24H28N4O4. The third-order valence-corrected chi connectivity index (χ3v) is 6.11. The van der Waals surface area contributed by atoms with E-state index in [0.29, 0.717) is 36.2 Å². The summed E-state index contributed by atoms with van der Waals surface area (Å²) in [7, 11) is 1.59. The van der Waals surface area contributed by atoms with Crippen LogP contribution in [0.3, 0.4) is 0 Å². The van der Waals surface area contributed by atoms with Crippen molar-refractivity contribution >= 4 is 39.4 Å². The highest BCUT2D eigenvalue weighted by Crippen LogP contribution is 2.36. The van der Waals surface area contributed by atoms with Crippen molar-refractivity contribution < 1.29 is 18.7 Å². The number of rotatable bonds is 7. The zero-order chi connectivity index (χ0) is 22.1. The predicted octanol–water partition coefficient (Wildman–Crippen LogP) is 2.43. The van der Waals surface area contributed by atoms with Crippen LogP contribution in [0.5, 0.6) is 5.75 Å². The van der Waals surface area contributed by atoms with Gasteiger partial charge in [0, 0.05) is 49.1 Å². The predicted molar refractivity (Wildman–Crippen MR) is 123 cm³/mol. The molecule has 1 saturated carbocycles. The van der Waals surface area contributed by atoms with E-state index in [9.17, 15) is 9.59 Å². The fourth-order valence-corrected chi connectivity index (χ4v) is 4.22. The van der Waals surface area contributed by atoms with Crippen molar-refractivity contribution in [3.8, 4) is 5.75 Å². The molecule has 1 aliphatic carbocycles. The van der Waals surface area contributed by atoms with Crippen LogP contribution in [0, 0.1) is 0 Å². The molecule has 1 aliphatic heterocycles. The summed E-state index contributed by atoms with van der Waals surface area (Å²) in [6.07, 6.45) is 2.20. The third-order valence-electron chi connectivity index (χ3n) is 6.11. The number of carbonyl (C=O) groups is 2. The van der Waals surface area contributed by atoms with E-state index in [1.54, 1.807) is 7.11 Å². The van der Waals surface area contributed by atoms with Crippen LogP contribution >= 0.6 is 0 Å². The molecule has 3 aromatic rings. The Bertz CT molecular complexity index is 1150. The molecule has 0 spiro atoms. The third kappa shape index (κ3) is 4.56. The summed E-state index contributed by atoms with van der Waals surface area (Å²) in [6, 6.07) is 12.0. The van der Waals surface area contributed by atoms with Gasteiger partial charge in [0.05, 0.1) is 25.9 Å². The lowest BCUT2D eigenvalue weighted by atomic mass is 10.1. The van der Waals surface area contributed by atoms with Gasteiger partial charge in [0.25, 0.3) is 0 Å². The summed E-state index contributed by atoms with van der Waals surface area (Å²) in [4.78, 5) is 29.0.